The molecule has 1 aromatic carbocycles. The molecule has 1 amide bonds. The Balaban J connectivity index is 2.16. The lowest BCUT2D eigenvalue weighted by Crippen LogP contribution is -2.28. The lowest BCUT2D eigenvalue weighted by atomic mass is 10.0. The van der Waals surface area contributed by atoms with E-state index in [4.69, 9.17) is 16.3 Å². The minimum atomic E-state index is -1.41. The van der Waals surface area contributed by atoms with Crippen molar-refractivity contribution in [3.8, 4) is 11.8 Å². The highest BCUT2D eigenvalue weighted by molar-refractivity contribution is 7.14. The predicted molar refractivity (Wildman–Crippen MR) is 89.1 cm³/mol. The number of anilines is 1. The van der Waals surface area contributed by atoms with Crippen molar-refractivity contribution >= 4 is 40.3 Å². The zero-order valence-corrected chi connectivity index (χ0v) is 14.0. The smallest absolute Gasteiger partial charge is 0.249 e. The fourth-order valence-electron chi connectivity index (χ4n) is 1.90. The average molecular weight is 349 g/mol. The van der Waals surface area contributed by atoms with Crippen LogP contribution in [0.5, 0.6) is 5.75 Å². The number of nitriles is 1. The molecule has 0 spiro atoms. The normalized spacial score (nSPS) is 11.4. The third-order valence-electron chi connectivity index (χ3n) is 3.06. The van der Waals surface area contributed by atoms with E-state index in [0.717, 1.165) is 4.88 Å². The molecule has 0 radical (unpaired) electrons. The Morgan fingerprint density at radius 2 is 2.09 bits per heavy atom. The molecular formula is C16H13ClN2O3S. The van der Waals surface area contributed by atoms with Crippen LogP contribution in [0.15, 0.2) is 30.3 Å². The van der Waals surface area contributed by atoms with Crippen LogP contribution in [0.1, 0.15) is 14.5 Å². The molecule has 0 unspecified atom stereocenters. The van der Waals surface area contributed by atoms with Gasteiger partial charge >= 0.3 is 0 Å². The highest BCUT2D eigenvalue weighted by atomic mass is 35.5. The number of nitrogens with one attached hydrogen (secondary N) is 1. The number of halogens is 1. The zero-order valence-electron chi connectivity index (χ0n) is 12.4. The maximum Gasteiger partial charge on any atom is 0.249 e. The van der Waals surface area contributed by atoms with Crippen LogP contribution in [-0.4, -0.2) is 18.8 Å². The third kappa shape index (κ3) is 3.89. The Bertz CT molecular complexity index is 795. The van der Waals surface area contributed by atoms with E-state index in [9.17, 15) is 14.9 Å². The molecule has 0 fully saturated rings. The van der Waals surface area contributed by atoms with Crippen LogP contribution < -0.4 is 10.1 Å². The molecule has 2 aromatic rings. The van der Waals surface area contributed by atoms with Crippen LogP contribution in [0.3, 0.4) is 0 Å². The summed E-state index contributed by atoms with van der Waals surface area (Å²) in [7, 11) is 1.48. The first kappa shape index (κ1) is 17.0. The van der Waals surface area contributed by atoms with Crippen LogP contribution in [0.4, 0.5) is 5.69 Å². The van der Waals surface area contributed by atoms with E-state index in [1.165, 1.54) is 24.5 Å². The van der Waals surface area contributed by atoms with Gasteiger partial charge in [0.1, 0.15) is 5.75 Å². The van der Waals surface area contributed by atoms with Gasteiger partial charge in [0.2, 0.25) is 5.91 Å². The number of methoxy groups -OCH3 is 1. The molecule has 0 aliphatic carbocycles. The van der Waals surface area contributed by atoms with Gasteiger partial charge in [0, 0.05) is 10.6 Å². The first-order valence-corrected chi connectivity index (χ1v) is 7.80. The van der Waals surface area contributed by atoms with Gasteiger partial charge in [-0.25, -0.2) is 0 Å². The maximum atomic E-state index is 12.3. The number of hydrogen-bond acceptors (Lipinski definition) is 5. The second-order valence-electron chi connectivity index (χ2n) is 4.68. The summed E-state index contributed by atoms with van der Waals surface area (Å²) >= 11 is 7.23. The molecule has 1 N–H and O–H groups in total. The Labute approximate surface area is 142 Å². The number of rotatable bonds is 5. The number of hydrogen-bond donors (Lipinski definition) is 1. The summed E-state index contributed by atoms with van der Waals surface area (Å²) in [6.07, 6.45) is 0. The lowest BCUT2D eigenvalue weighted by molar-refractivity contribution is -0.117. The van der Waals surface area contributed by atoms with Gasteiger partial charge in [-0.15, -0.1) is 11.3 Å². The molecule has 2 rings (SSSR count). The van der Waals surface area contributed by atoms with Crippen LogP contribution >= 0.6 is 22.9 Å². The number of ketones is 1. The number of thiophene rings is 1. The molecule has 0 saturated carbocycles. The van der Waals surface area contributed by atoms with Gasteiger partial charge in [-0.3, -0.25) is 9.59 Å². The van der Waals surface area contributed by atoms with Gasteiger partial charge < -0.3 is 10.1 Å². The Morgan fingerprint density at radius 1 is 1.35 bits per heavy atom. The molecule has 1 atom stereocenters. The summed E-state index contributed by atoms with van der Waals surface area (Å²) in [5.41, 5.74) is 0.385. The molecular weight excluding hydrogens is 336 g/mol. The van der Waals surface area contributed by atoms with E-state index in [0.29, 0.717) is 21.3 Å². The third-order valence-corrected chi connectivity index (χ3v) is 4.37. The van der Waals surface area contributed by atoms with Gasteiger partial charge in [-0.05, 0) is 37.3 Å². The van der Waals surface area contributed by atoms with Gasteiger partial charge in [0.15, 0.2) is 11.7 Å². The second-order valence-corrected chi connectivity index (χ2v) is 6.37. The van der Waals surface area contributed by atoms with Crippen molar-refractivity contribution in [2.24, 2.45) is 5.92 Å². The molecule has 23 heavy (non-hydrogen) atoms. The summed E-state index contributed by atoms with van der Waals surface area (Å²) in [5, 5.41) is 12.0. The van der Waals surface area contributed by atoms with E-state index >= 15 is 0 Å². The first-order valence-electron chi connectivity index (χ1n) is 6.61. The number of carbonyl (C=O) groups is 2. The molecule has 7 heteroatoms. The molecule has 1 aromatic heterocycles. The molecule has 5 nitrogen and oxygen atoms in total. The lowest BCUT2D eigenvalue weighted by Gasteiger charge is -2.10. The molecule has 1 heterocycles. The molecule has 0 bridgehead atoms. The van der Waals surface area contributed by atoms with Gasteiger partial charge in [0.25, 0.3) is 0 Å². The summed E-state index contributed by atoms with van der Waals surface area (Å²) < 4.78 is 5.02. The minimum Gasteiger partial charge on any atom is -0.495 e. The van der Waals surface area contributed by atoms with E-state index in [1.54, 1.807) is 30.3 Å². The van der Waals surface area contributed by atoms with Crippen molar-refractivity contribution in [2.75, 3.05) is 12.4 Å². The van der Waals surface area contributed by atoms with Crippen molar-refractivity contribution in [1.82, 2.24) is 0 Å². The fraction of sp³-hybridized carbons (Fsp3) is 0.188. The Hall–Kier alpha value is -2.36. The van der Waals surface area contributed by atoms with Crippen molar-refractivity contribution < 1.29 is 14.3 Å². The van der Waals surface area contributed by atoms with Crippen LogP contribution in [0, 0.1) is 24.2 Å². The quantitative estimate of drug-likeness (QED) is 0.660. The molecule has 0 aliphatic rings. The number of aryl methyl sites for hydroxylation is 1. The summed E-state index contributed by atoms with van der Waals surface area (Å²) in [5.74, 6) is -2.15. The highest BCUT2D eigenvalue weighted by Gasteiger charge is 2.28. The number of carbonyl (C=O) groups excluding carboxylic acids is 2. The van der Waals surface area contributed by atoms with Crippen LogP contribution in [0.25, 0.3) is 0 Å². The second kappa shape index (κ2) is 7.27. The van der Waals surface area contributed by atoms with E-state index in [2.05, 4.69) is 5.32 Å². The van der Waals surface area contributed by atoms with E-state index in [1.807, 2.05) is 6.92 Å². The minimum absolute atomic E-state index is 0.319. The fourth-order valence-corrected chi connectivity index (χ4v) is 3.00. The van der Waals surface area contributed by atoms with Crippen molar-refractivity contribution in [1.29, 1.82) is 5.26 Å². The zero-order chi connectivity index (χ0) is 17.0. The van der Waals surface area contributed by atoms with Gasteiger partial charge in [0.05, 0.1) is 23.1 Å². The van der Waals surface area contributed by atoms with Crippen molar-refractivity contribution in [3.05, 3.63) is 45.1 Å². The summed E-state index contributed by atoms with van der Waals surface area (Å²) in [4.78, 5) is 25.8. The topological polar surface area (TPSA) is 79.2 Å². The number of nitrogens with zero attached hydrogens (tertiary/aromatic N) is 1. The van der Waals surface area contributed by atoms with E-state index < -0.39 is 17.6 Å². The number of amides is 1. The molecule has 0 aliphatic heterocycles. The SMILES string of the molecule is COc1ccc(NC(=O)[C@H](C#N)C(=O)c2ccc(C)s2)cc1Cl. The maximum absolute atomic E-state index is 12.3. The predicted octanol–water partition coefficient (Wildman–Crippen LogP) is 3.68. The highest BCUT2D eigenvalue weighted by Crippen LogP contribution is 2.27. The average Bonchev–Trinajstić information content (AvgIpc) is 2.94. The molecule has 118 valence electrons. The Morgan fingerprint density at radius 3 is 2.61 bits per heavy atom. The van der Waals surface area contributed by atoms with Crippen LogP contribution in [-0.2, 0) is 4.79 Å². The Kier molecular flexibility index (Phi) is 5.37. The monoisotopic (exact) mass is 348 g/mol. The number of Topliss-reactive ketones (excluding diaryl/α,β-unsaturated/α-hetero) is 1. The van der Waals surface area contributed by atoms with Gasteiger partial charge in [-0.2, -0.15) is 5.26 Å². The summed E-state index contributed by atoms with van der Waals surface area (Å²) in [6, 6.07) is 9.80. The summed E-state index contributed by atoms with van der Waals surface area (Å²) in [6.45, 7) is 1.85. The number of benzene rings is 1. The molecule has 0 saturated heterocycles. The first-order chi connectivity index (χ1) is 11.0. The standard InChI is InChI=1S/C16H13ClN2O3S/c1-9-3-6-14(23-9)15(20)11(8-18)16(21)19-10-4-5-13(22-2)12(17)7-10/h3-7,11H,1-2H3,(H,19,21)/t11-/m1/s1. The largest absolute Gasteiger partial charge is 0.495 e. The van der Waals surface area contributed by atoms with E-state index in [-0.39, 0.29) is 0 Å². The van der Waals surface area contributed by atoms with Gasteiger partial charge in [-0.1, -0.05) is 11.6 Å². The van der Waals surface area contributed by atoms with Crippen molar-refractivity contribution in [3.63, 3.8) is 0 Å². The van der Waals surface area contributed by atoms with Crippen molar-refractivity contribution in [2.45, 2.75) is 6.92 Å². The van der Waals surface area contributed by atoms with Crippen LogP contribution in [0.2, 0.25) is 5.02 Å². The number of ether oxygens (including phenoxy) is 1.